The van der Waals surface area contributed by atoms with Crippen molar-refractivity contribution in [3.8, 4) is 11.8 Å². The van der Waals surface area contributed by atoms with Crippen molar-refractivity contribution in [2.45, 2.75) is 19.9 Å². The first-order valence-corrected chi connectivity index (χ1v) is 8.21. The average molecular weight is 347 g/mol. The van der Waals surface area contributed by atoms with E-state index in [1.165, 1.54) is 12.1 Å². The van der Waals surface area contributed by atoms with Gasteiger partial charge in [0.2, 0.25) is 0 Å². The van der Waals surface area contributed by atoms with Gasteiger partial charge in [0.05, 0.1) is 6.07 Å². The molecule has 5 heteroatoms. The monoisotopic (exact) mass is 347 g/mol. The minimum Gasteiger partial charge on any atom is -0.332 e. The van der Waals surface area contributed by atoms with E-state index in [-0.39, 0.29) is 5.56 Å². The molecule has 1 atom stereocenters. The van der Waals surface area contributed by atoms with Crippen molar-refractivity contribution in [1.82, 2.24) is 9.88 Å². The minimum absolute atomic E-state index is 0.151. The Balaban J connectivity index is 1.80. The number of rotatable bonds is 4. The average Bonchev–Trinajstić information content (AvgIpc) is 2.99. The molecule has 0 fully saturated rings. The summed E-state index contributed by atoms with van der Waals surface area (Å²) in [5.41, 5.74) is 3.71. The summed E-state index contributed by atoms with van der Waals surface area (Å²) in [6.45, 7) is 4.03. The van der Waals surface area contributed by atoms with E-state index in [9.17, 15) is 14.4 Å². The van der Waals surface area contributed by atoms with Crippen LogP contribution in [-0.4, -0.2) is 10.5 Å². The van der Waals surface area contributed by atoms with Crippen molar-refractivity contribution >= 4 is 5.91 Å². The molecule has 1 unspecified atom stereocenters. The molecule has 2 aromatic carbocycles. The number of nitrogens with one attached hydrogen (secondary N) is 1. The molecule has 0 aliphatic heterocycles. The zero-order valence-corrected chi connectivity index (χ0v) is 14.5. The van der Waals surface area contributed by atoms with Gasteiger partial charge in [0, 0.05) is 28.2 Å². The van der Waals surface area contributed by atoms with Gasteiger partial charge >= 0.3 is 0 Å². The van der Waals surface area contributed by atoms with Crippen molar-refractivity contribution in [3.63, 3.8) is 0 Å². The molecule has 1 heterocycles. The van der Waals surface area contributed by atoms with Gasteiger partial charge in [0.15, 0.2) is 0 Å². The normalized spacial score (nSPS) is 11.6. The van der Waals surface area contributed by atoms with Gasteiger partial charge in [-0.15, -0.1) is 0 Å². The molecule has 0 spiro atoms. The van der Waals surface area contributed by atoms with Crippen LogP contribution in [0.25, 0.3) is 5.69 Å². The lowest BCUT2D eigenvalue weighted by Crippen LogP contribution is -2.28. The van der Waals surface area contributed by atoms with E-state index in [0.717, 1.165) is 17.1 Å². The maximum Gasteiger partial charge on any atom is 0.252 e. The Bertz CT molecular complexity index is 964. The lowest BCUT2D eigenvalue weighted by Gasteiger charge is -2.14. The standard InChI is InChI=1S/C21H18FN3O/c1-14-7-8-15(2)25(14)17-11-9-16(10-12-17)21(26)24-20(13-23)18-5-3-4-6-19(18)22/h3-12,20H,1-2H3,(H,24,26). The van der Waals surface area contributed by atoms with Gasteiger partial charge in [-0.2, -0.15) is 5.26 Å². The van der Waals surface area contributed by atoms with Crippen LogP contribution in [0.1, 0.15) is 33.4 Å². The van der Waals surface area contributed by atoms with E-state index in [1.807, 2.05) is 44.2 Å². The number of hydrogen-bond acceptors (Lipinski definition) is 2. The van der Waals surface area contributed by atoms with Crippen LogP contribution in [0.2, 0.25) is 0 Å². The van der Waals surface area contributed by atoms with E-state index in [4.69, 9.17) is 0 Å². The fraction of sp³-hybridized carbons (Fsp3) is 0.143. The highest BCUT2D eigenvalue weighted by Crippen LogP contribution is 2.19. The van der Waals surface area contributed by atoms with Crippen LogP contribution in [0, 0.1) is 31.0 Å². The van der Waals surface area contributed by atoms with Gasteiger partial charge < -0.3 is 9.88 Å². The Labute approximate surface area is 151 Å². The van der Waals surface area contributed by atoms with E-state index in [0.29, 0.717) is 5.56 Å². The Morgan fingerprint density at radius 2 is 1.65 bits per heavy atom. The first-order chi connectivity index (χ1) is 12.5. The summed E-state index contributed by atoms with van der Waals surface area (Å²) in [7, 11) is 0. The number of carbonyl (C=O) groups is 1. The number of aromatic nitrogens is 1. The SMILES string of the molecule is Cc1ccc(C)n1-c1ccc(C(=O)NC(C#N)c2ccccc2F)cc1. The van der Waals surface area contributed by atoms with Crippen molar-refractivity contribution in [2.75, 3.05) is 0 Å². The highest BCUT2D eigenvalue weighted by Gasteiger charge is 2.18. The molecule has 1 N–H and O–H groups in total. The quantitative estimate of drug-likeness (QED) is 0.768. The molecule has 4 nitrogen and oxygen atoms in total. The number of nitrogens with zero attached hydrogens (tertiary/aromatic N) is 2. The van der Waals surface area contributed by atoms with Crippen LogP contribution in [-0.2, 0) is 0 Å². The highest BCUT2D eigenvalue weighted by atomic mass is 19.1. The van der Waals surface area contributed by atoms with Crippen LogP contribution in [0.15, 0.2) is 60.7 Å². The summed E-state index contributed by atoms with van der Waals surface area (Å²) in [6, 6.07) is 18.0. The zero-order chi connectivity index (χ0) is 18.7. The maximum atomic E-state index is 13.9. The summed E-state index contributed by atoms with van der Waals surface area (Å²) in [5.74, 6) is -0.944. The summed E-state index contributed by atoms with van der Waals surface area (Å²) >= 11 is 0. The van der Waals surface area contributed by atoms with Gasteiger partial charge in [0.25, 0.3) is 5.91 Å². The molecule has 0 saturated carbocycles. The van der Waals surface area contributed by atoms with Gasteiger partial charge in [-0.1, -0.05) is 18.2 Å². The second kappa shape index (κ2) is 7.24. The van der Waals surface area contributed by atoms with Crippen molar-refractivity contribution in [2.24, 2.45) is 0 Å². The first kappa shape index (κ1) is 17.4. The third-order valence-electron chi connectivity index (χ3n) is 4.28. The molecule has 0 saturated heterocycles. The maximum absolute atomic E-state index is 13.9. The highest BCUT2D eigenvalue weighted by molar-refractivity contribution is 5.94. The number of halogens is 1. The number of benzene rings is 2. The number of aryl methyl sites for hydroxylation is 2. The molecule has 1 aromatic heterocycles. The predicted molar refractivity (Wildman–Crippen MR) is 97.5 cm³/mol. The number of amides is 1. The molecule has 130 valence electrons. The van der Waals surface area contributed by atoms with Crippen molar-refractivity contribution in [1.29, 1.82) is 5.26 Å². The van der Waals surface area contributed by atoms with Crippen molar-refractivity contribution < 1.29 is 9.18 Å². The third kappa shape index (κ3) is 3.35. The third-order valence-corrected chi connectivity index (χ3v) is 4.28. The second-order valence-corrected chi connectivity index (χ2v) is 6.06. The van der Waals surface area contributed by atoms with Gasteiger partial charge in [-0.25, -0.2) is 4.39 Å². The molecular formula is C21H18FN3O. The molecule has 3 rings (SSSR count). The fourth-order valence-electron chi connectivity index (χ4n) is 2.94. The molecule has 0 aliphatic carbocycles. The topological polar surface area (TPSA) is 57.8 Å². The molecule has 0 radical (unpaired) electrons. The zero-order valence-electron chi connectivity index (χ0n) is 14.5. The number of carbonyl (C=O) groups excluding carboxylic acids is 1. The summed E-state index contributed by atoms with van der Waals surface area (Å²) in [5, 5.41) is 11.9. The summed E-state index contributed by atoms with van der Waals surface area (Å²) < 4.78 is 15.9. The second-order valence-electron chi connectivity index (χ2n) is 6.06. The smallest absolute Gasteiger partial charge is 0.252 e. The molecule has 0 bridgehead atoms. The van der Waals surface area contributed by atoms with E-state index in [2.05, 4.69) is 9.88 Å². The minimum atomic E-state index is -1.04. The Morgan fingerprint density at radius 3 is 2.23 bits per heavy atom. The Hall–Kier alpha value is -3.39. The molecule has 3 aromatic rings. The van der Waals surface area contributed by atoms with Crippen LogP contribution < -0.4 is 5.32 Å². The molecule has 26 heavy (non-hydrogen) atoms. The Morgan fingerprint density at radius 1 is 1.04 bits per heavy atom. The molecule has 0 aliphatic rings. The lowest BCUT2D eigenvalue weighted by atomic mass is 10.1. The fourth-order valence-corrected chi connectivity index (χ4v) is 2.94. The van der Waals surface area contributed by atoms with Crippen LogP contribution in [0.3, 0.4) is 0 Å². The lowest BCUT2D eigenvalue weighted by molar-refractivity contribution is 0.0944. The van der Waals surface area contributed by atoms with E-state index < -0.39 is 17.8 Å². The van der Waals surface area contributed by atoms with E-state index in [1.54, 1.807) is 24.3 Å². The summed E-state index contributed by atoms with van der Waals surface area (Å²) in [6.07, 6.45) is 0. The predicted octanol–water partition coefficient (Wildman–Crippen LogP) is 4.23. The number of hydrogen-bond donors (Lipinski definition) is 1. The Kier molecular flexibility index (Phi) is 4.85. The first-order valence-electron chi connectivity index (χ1n) is 8.21. The van der Waals surface area contributed by atoms with Gasteiger partial charge in [-0.05, 0) is 56.3 Å². The molecular weight excluding hydrogens is 329 g/mol. The largest absolute Gasteiger partial charge is 0.332 e. The van der Waals surface area contributed by atoms with Crippen LogP contribution in [0.4, 0.5) is 4.39 Å². The van der Waals surface area contributed by atoms with Crippen LogP contribution in [0.5, 0.6) is 0 Å². The van der Waals surface area contributed by atoms with E-state index >= 15 is 0 Å². The van der Waals surface area contributed by atoms with Gasteiger partial charge in [0.1, 0.15) is 11.9 Å². The van der Waals surface area contributed by atoms with Crippen LogP contribution >= 0.6 is 0 Å². The van der Waals surface area contributed by atoms with Crippen molar-refractivity contribution in [3.05, 3.63) is 89.0 Å². The molecule has 1 amide bonds. The van der Waals surface area contributed by atoms with Gasteiger partial charge in [-0.3, -0.25) is 4.79 Å². The number of nitriles is 1. The summed E-state index contributed by atoms with van der Waals surface area (Å²) in [4.78, 5) is 12.4.